The van der Waals surface area contributed by atoms with Crippen LogP contribution in [0.4, 0.5) is 5.69 Å². The van der Waals surface area contributed by atoms with Crippen molar-refractivity contribution in [3.05, 3.63) is 39.4 Å². The average Bonchev–Trinajstić information content (AvgIpc) is 2.26. The highest BCUT2D eigenvalue weighted by Crippen LogP contribution is 2.27. The van der Waals surface area contributed by atoms with Gasteiger partial charge >= 0.3 is 5.97 Å². The minimum Gasteiger partial charge on any atom is -0.480 e. The van der Waals surface area contributed by atoms with Gasteiger partial charge in [0.25, 0.3) is 5.69 Å². The van der Waals surface area contributed by atoms with Crippen molar-refractivity contribution in [1.82, 2.24) is 0 Å². The SMILES string of the molecule is Cc1ccc([N+](=O)[O-])c(C(O)C(N)C(=O)O)c1. The molecule has 0 heterocycles. The van der Waals surface area contributed by atoms with Crippen LogP contribution < -0.4 is 5.73 Å². The molecular weight excluding hydrogens is 228 g/mol. The molecule has 0 saturated carbocycles. The van der Waals surface area contributed by atoms with Crippen LogP contribution >= 0.6 is 0 Å². The molecule has 0 aliphatic carbocycles. The van der Waals surface area contributed by atoms with E-state index in [1.807, 2.05) is 0 Å². The van der Waals surface area contributed by atoms with Gasteiger partial charge in [-0.1, -0.05) is 11.6 Å². The Morgan fingerprint density at radius 1 is 1.53 bits per heavy atom. The van der Waals surface area contributed by atoms with E-state index in [-0.39, 0.29) is 11.3 Å². The molecule has 0 amide bonds. The smallest absolute Gasteiger partial charge is 0.323 e. The van der Waals surface area contributed by atoms with E-state index in [4.69, 9.17) is 10.8 Å². The molecule has 0 spiro atoms. The molecule has 0 bridgehead atoms. The summed E-state index contributed by atoms with van der Waals surface area (Å²) in [6, 6.07) is 2.46. The number of hydrogen-bond donors (Lipinski definition) is 3. The minimum absolute atomic E-state index is 0.0927. The summed E-state index contributed by atoms with van der Waals surface area (Å²) >= 11 is 0. The Morgan fingerprint density at radius 2 is 2.12 bits per heavy atom. The highest BCUT2D eigenvalue weighted by atomic mass is 16.6. The molecule has 2 atom stereocenters. The quantitative estimate of drug-likeness (QED) is 0.514. The first-order valence-corrected chi connectivity index (χ1v) is 4.76. The molecule has 17 heavy (non-hydrogen) atoms. The summed E-state index contributed by atoms with van der Waals surface area (Å²) in [6.45, 7) is 1.67. The van der Waals surface area contributed by atoms with E-state index in [0.29, 0.717) is 5.56 Å². The Hall–Kier alpha value is -1.99. The molecule has 0 radical (unpaired) electrons. The summed E-state index contributed by atoms with van der Waals surface area (Å²) in [5.74, 6) is -1.42. The molecular formula is C10H12N2O5. The van der Waals surface area contributed by atoms with Crippen LogP contribution in [0.25, 0.3) is 0 Å². The van der Waals surface area contributed by atoms with Crippen molar-refractivity contribution in [2.45, 2.75) is 19.1 Å². The normalized spacial score (nSPS) is 14.1. The molecule has 92 valence electrons. The number of benzene rings is 1. The molecule has 4 N–H and O–H groups in total. The summed E-state index contributed by atoms with van der Waals surface area (Å²) in [6.07, 6.45) is -1.62. The van der Waals surface area contributed by atoms with E-state index in [9.17, 15) is 20.0 Å². The Labute approximate surface area is 96.6 Å². The Balaban J connectivity index is 3.23. The highest BCUT2D eigenvalue weighted by Gasteiger charge is 2.29. The van der Waals surface area contributed by atoms with Crippen LogP contribution in [0, 0.1) is 17.0 Å². The summed E-state index contributed by atoms with van der Waals surface area (Å²) in [5, 5.41) is 29.1. The number of hydrogen-bond acceptors (Lipinski definition) is 5. The number of aliphatic hydroxyl groups is 1. The molecule has 2 unspecified atom stereocenters. The minimum atomic E-state index is -1.62. The molecule has 0 aromatic heterocycles. The number of nitro groups is 1. The third-order valence-corrected chi connectivity index (χ3v) is 2.32. The van der Waals surface area contributed by atoms with Crippen molar-refractivity contribution in [2.75, 3.05) is 0 Å². The summed E-state index contributed by atoms with van der Waals surface area (Å²) in [5.41, 5.74) is 5.47. The first kappa shape index (κ1) is 13.1. The second kappa shape index (κ2) is 4.89. The zero-order chi connectivity index (χ0) is 13.2. The first-order valence-electron chi connectivity index (χ1n) is 4.76. The largest absolute Gasteiger partial charge is 0.480 e. The molecule has 0 aliphatic heterocycles. The standard InChI is InChI=1S/C10H12N2O5/c1-5-2-3-7(12(16)17)6(4-5)9(13)8(11)10(14)15/h2-4,8-9,13H,11H2,1H3,(H,14,15). The van der Waals surface area contributed by atoms with E-state index in [1.165, 1.54) is 18.2 Å². The lowest BCUT2D eigenvalue weighted by molar-refractivity contribution is -0.386. The van der Waals surface area contributed by atoms with E-state index in [1.54, 1.807) is 6.92 Å². The summed E-state index contributed by atoms with van der Waals surface area (Å²) in [7, 11) is 0. The van der Waals surface area contributed by atoms with Gasteiger partial charge < -0.3 is 15.9 Å². The average molecular weight is 240 g/mol. The van der Waals surface area contributed by atoms with E-state index < -0.39 is 23.0 Å². The van der Waals surface area contributed by atoms with E-state index >= 15 is 0 Å². The Bertz CT molecular complexity index is 460. The van der Waals surface area contributed by atoms with Crippen LogP contribution in [0.15, 0.2) is 18.2 Å². The van der Waals surface area contributed by atoms with Gasteiger partial charge in [-0.15, -0.1) is 0 Å². The van der Waals surface area contributed by atoms with Crippen LogP contribution in [0.3, 0.4) is 0 Å². The zero-order valence-electron chi connectivity index (χ0n) is 9.03. The number of aryl methyl sites for hydroxylation is 1. The molecule has 0 saturated heterocycles. The topological polar surface area (TPSA) is 127 Å². The number of carboxylic acids is 1. The molecule has 1 rings (SSSR count). The van der Waals surface area contributed by atoms with Crippen LogP contribution in [0.2, 0.25) is 0 Å². The fraction of sp³-hybridized carbons (Fsp3) is 0.300. The molecule has 0 fully saturated rings. The molecule has 0 aliphatic rings. The maximum absolute atomic E-state index is 10.7. The van der Waals surface area contributed by atoms with Gasteiger partial charge in [0.15, 0.2) is 0 Å². The van der Waals surface area contributed by atoms with Crippen molar-refractivity contribution in [1.29, 1.82) is 0 Å². The first-order chi connectivity index (χ1) is 7.84. The lowest BCUT2D eigenvalue weighted by Gasteiger charge is -2.15. The number of nitrogens with zero attached hydrogens (tertiary/aromatic N) is 1. The van der Waals surface area contributed by atoms with Crippen molar-refractivity contribution in [2.24, 2.45) is 5.73 Å². The van der Waals surface area contributed by atoms with Gasteiger partial charge in [-0.25, -0.2) is 0 Å². The predicted molar refractivity (Wildman–Crippen MR) is 58.4 cm³/mol. The summed E-state index contributed by atoms with van der Waals surface area (Å²) < 4.78 is 0. The van der Waals surface area contributed by atoms with Gasteiger partial charge in [0.2, 0.25) is 0 Å². The van der Waals surface area contributed by atoms with Gasteiger partial charge in [0.1, 0.15) is 12.1 Å². The Morgan fingerprint density at radius 3 is 2.59 bits per heavy atom. The maximum atomic E-state index is 10.7. The molecule has 7 nitrogen and oxygen atoms in total. The fourth-order valence-corrected chi connectivity index (χ4v) is 1.41. The zero-order valence-corrected chi connectivity index (χ0v) is 9.03. The molecule has 1 aromatic carbocycles. The number of carbonyl (C=O) groups is 1. The van der Waals surface area contributed by atoms with E-state index in [0.717, 1.165) is 0 Å². The van der Waals surface area contributed by atoms with Crippen molar-refractivity contribution >= 4 is 11.7 Å². The Kier molecular flexibility index (Phi) is 3.77. The number of nitrogens with two attached hydrogens (primary N) is 1. The highest BCUT2D eigenvalue weighted by molar-refractivity contribution is 5.74. The monoisotopic (exact) mass is 240 g/mol. The van der Waals surface area contributed by atoms with Crippen molar-refractivity contribution < 1.29 is 19.9 Å². The van der Waals surface area contributed by atoms with E-state index in [2.05, 4.69) is 0 Å². The predicted octanol–water partition coefficient (Wildman–Crippen LogP) is 0.349. The van der Waals surface area contributed by atoms with Gasteiger partial charge in [-0.2, -0.15) is 0 Å². The maximum Gasteiger partial charge on any atom is 0.323 e. The van der Waals surface area contributed by atoms with Crippen LogP contribution in [-0.4, -0.2) is 27.1 Å². The van der Waals surface area contributed by atoms with Crippen LogP contribution in [0.1, 0.15) is 17.2 Å². The summed E-state index contributed by atoms with van der Waals surface area (Å²) in [4.78, 5) is 20.7. The lowest BCUT2D eigenvalue weighted by Crippen LogP contribution is -2.36. The number of rotatable bonds is 4. The van der Waals surface area contributed by atoms with Crippen molar-refractivity contribution in [3.63, 3.8) is 0 Å². The second-order valence-corrected chi connectivity index (χ2v) is 3.63. The second-order valence-electron chi connectivity index (χ2n) is 3.63. The number of carboxylic acid groups (broad SMARTS) is 1. The fourth-order valence-electron chi connectivity index (χ4n) is 1.41. The van der Waals surface area contributed by atoms with Gasteiger partial charge in [0.05, 0.1) is 10.5 Å². The van der Waals surface area contributed by atoms with Gasteiger partial charge in [-0.3, -0.25) is 14.9 Å². The van der Waals surface area contributed by atoms with Gasteiger partial charge in [0, 0.05) is 6.07 Å². The number of aliphatic hydroxyl groups excluding tert-OH is 1. The number of nitro benzene ring substituents is 1. The van der Waals surface area contributed by atoms with Crippen molar-refractivity contribution in [3.8, 4) is 0 Å². The van der Waals surface area contributed by atoms with Crippen LogP contribution in [0.5, 0.6) is 0 Å². The lowest BCUT2D eigenvalue weighted by atomic mass is 9.99. The number of aliphatic carboxylic acids is 1. The molecule has 1 aromatic rings. The third-order valence-electron chi connectivity index (χ3n) is 2.32. The van der Waals surface area contributed by atoms with Gasteiger partial charge in [-0.05, 0) is 13.0 Å². The molecule has 7 heteroatoms. The third kappa shape index (κ3) is 2.77. The van der Waals surface area contributed by atoms with Crippen LogP contribution in [-0.2, 0) is 4.79 Å².